The van der Waals surface area contributed by atoms with Gasteiger partial charge in [0.2, 0.25) is 0 Å². The molecule has 0 spiro atoms. The third-order valence-corrected chi connectivity index (χ3v) is 4.32. The molecule has 0 aliphatic carbocycles. The van der Waals surface area contributed by atoms with Crippen LogP contribution in [0.3, 0.4) is 0 Å². The summed E-state index contributed by atoms with van der Waals surface area (Å²) in [4.78, 5) is -0.0844. The summed E-state index contributed by atoms with van der Waals surface area (Å²) in [6, 6.07) is 7.49. The van der Waals surface area contributed by atoms with Gasteiger partial charge in [-0.3, -0.25) is 4.72 Å². The van der Waals surface area contributed by atoms with Crippen molar-refractivity contribution in [1.82, 2.24) is 0 Å². The molecule has 0 aromatic heterocycles. The number of halogens is 2. The van der Waals surface area contributed by atoms with E-state index in [1.54, 1.807) is 13.0 Å². The lowest BCUT2D eigenvalue weighted by Gasteiger charge is -2.11. The minimum Gasteiger partial charge on any atom is -0.277 e. The zero-order valence-electron chi connectivity index (χ0n) is 10.9. The molecule has 106 valence electrons. The normalized spacial score (nSPS) is 11.4. The first-order chi connectivity index (χ1) is 9.29. The summed E-state index contributed by atoms with van der Waals surface area (Å²) in [5.74, 6) is -1.18. The molecule has 20 heavy (non-hydrogen) atoms. The third kappa shape index (κ3) is 2.96. The molecule has 0 aliphatic rings. The molecule has 0 unspecified atom stereocenters. The molecule has 0 fully saturated rings. The Hall–Kier alpha value is -1.95. The highest BCUT2D eigenvalue weighted by Crippen LogP contribution is 2.22. The van der Waals surface area contributed by atoms with Crippen molar-refractivity contribution in [1.29, 1.82) is 0 Å². The lowest BCUT2D eigenvalue weighted by atomic mass is 10.2. The Morgan fingerprint density at radius 3 is 2.30 bits per heavy atom. The summed E-state index contributed by atoms with van der Waals surface area (Å²) in [6.45, 7) is 3.18. The lowest BCUT2D eigenvalue weighted by Crippen LogP contribution is -2.15. The summed E-state index contributed by atoms with van der Waals surface area (Å²) in [5, 5.41) is 0. The van der Waals surface area contributed by atoms with E-state index in [0.29, 0.717) is 5.56 Å². The summed E-state index contributed by atoms with van der Waals surface area (Å²) in [7, 11) is -3.95. The Morgan fingerprint density at radius 1 is 1.00 bits per heavy atom. The fraction of sp³-hybridized carbons (Fsp3) is 0.143. The predicted molar refractivity (Wildman–Crippen MR) is 73.1 cm³/mol. The summed E-state index contributed by atoms with van der Waals surface area (Å²) < 4.78 is 53.2. The van der Waals surface area contributed by atoms with E-state index in [1.165, 1.54) is 19.1 Å². The molecule has 0 heterocycles. The van der Waals surface area contributed by atoms with E-state index < -0.39 is 21.7 Å². The van der Waals surface area contributed by atoms with Crippen LogP contribution in [-0.4, -0.2) is 8.42 Å². The van der Waals surface area contributed by atoms with Gasteiger partial charge in [0.25, 0.3) is 10.0 Å². The van der Waals surface area contributed by atoms with Gasteiger partial charge in [0.1, 0.15) is 11.6 Å². The minimum atomic E-state index is -3.95. The lowest BCUT2D eigenvalue weighted by molar-refractivity contribution is 0.596. The number of benzene rings is 2. The largest absolute Gasteiger partial charge is 0.277 e. The maximum absolute atomic E-state index is 13.7. The number of hydrogen-bond donors (Lipinski definition) is 1. The first-order valence-electron chi connectivity index (χ1n) is 5.85. The number of anilines is 1. The van der Waals surface area contributed by atoms with Gasteiger partial charge in [-0.1, -0.05) is 6.07 Å². The van der Waals surface area contributed by atoms with E-state index in [0.717, 1.165) is 18.2 Å². The molecule has 2 aromatic carbocycles. The predicted octanol–water partition coefficient (Wildman–Crippen LogP) is 3.38. The van der Waals surface area contributed by atoms with Crippen LogP contribution >= 0.6 is 0 Å². The van der Waals surface area contributed by atoms with Crippen molar-refractivity contribution in [3.05, 3.63) is 59.2 Å². The number of nitrogens with one attached hydrogen (secondary N) is 1. The second-order valence-electron chi connectivity index (χ2n) is 4.50. The van der Waals surface area contributed by atoms with Gasteiger partial charge >= 0.3 is 0 Å². The van der Waals surface area contributed by atoms with Gasteiger partial charge in [0.15, 0.2) is 0 Å². The van der Waals surface area contributed by atoms with Crippen LogP contribution < -0.4 is 4.72 Å². The van der Waals surface area contributed by atoms with Crippen molar-refractivity contribution in [3.8, 4) is 0 Å². The fourth-order valence-corrected chi connectivity index (χ4v) is 3.11. The van der Waals surface area contributed by atoms with E-state index in [1.807, 2.05) is 0 Å². The van der Waals surface area contributed by atoms with E-state index in [4.69, 9.17) is 0 Å². The van der Waals surface area contributed by atoms with Gasteiger partial charge in [-0.25, -0.2) is 17.2 Å². The van der Waals surface area contributed by atoms with E-state index >= 15 is 0 Å². The molecular formula is C14H13F2NO2S. The second kappa shape index (κ2) is 5.20. The van der Waals surface area contributed by atoms with E-state index in [2.05, 4.69) is 4.72 Å². The minimum absolute atomic E-state index is 0.0844. The molecule has 0 aliphatic heterocycles. The smallest absolute Gasteiger partial charge is 0.262 e. The average molecular weight is 297 g/mol. The molecule has 0 bridgehead atoms. The summed E-state index contributed by atoms with van der Waals surface area (Å²) in [6.07, 6.45) is 0. The van der Waals surface area contributed by atoms with E-state index in [9.17, 15) is 17.2 Å². The first-order valence-corrected chi connectivity index (χ1v) is 7.33. The number of hydrogen-bond acceptors (Lipinski definition) is 2. The number of sulfonamides is 1. The monoisotopic (exact) mass is 297 g/mol. The zero-order chi connectivity index (χ0) is 14.9. The first kappa shape index (κ1) is 14.5. The number of rotatable bonds is 3. The number of aryl methyl sites for hydroxylation is 2. The van der Waals surface area contributed by atoms with Gasteiger partial charge in [-0.2, -0.15) is 0 Å². The maximum Gasteiger partial charge on any atom is 0.262 e. The van der Waals surface area contributed by atoms with Crippen LogP contribution in [0.15, 0.2) is 41.3 Å². The Kier molecular flexibility index (Phi) is 3.76. The van der Waals surface area contributed by atoms with Crippen LogP contribution in [0, 0.1) is 25.5 Å². The fourth-order valence-electron chi connectivity index (χ4n) is 1.82. The van der Waals surface area contributed by atoms with Crippen molar-refractivity contribution in [3.63, 3.8) is 0 Å². The zero-order valence-corrected chi connectivity index (χ0v) is 11.8. The molecule has 0 saturated carbocycles. The van der Waals surface area contributed by atoms with Gasteiger partial charge in [0, 0.05) is 0 Å². The highest BCUT2D eigenvalue weighted by Gasteiger charge is 2.18. The third-order valence-electron chi connectivity index (χ3n) is 2.80. The Balaban J connectivity index is 2.41. The van der Waals surface area contributed by atoms with Crippen molar-refractivity contribution < 1.29 is 17.2 Å². The topological polar surface area (TPSA) is 46.2 Å². The molecule has 1 N–H and O–H groups in total. The highest BCUT2D eigenvalue weighted by molar-refractivity contribution is 7.92. The molecule has 0 atom stereocenters. The van der Waals surface area contributed by atoms with Gasteiger partial charge in [-0.05, 0) is 55.3 Å². The van der Waals surface area contributed by atoms with Crippen LogP contribution in [0.5, 0.6) is 0 Å². The van der Waals surface area contributed by atoms with E-state index in [-0.39, 0.29) is 16.1 Å². The molecule has 0 radical (unpaired) electrons. The summed E-state index contributed by atoms with van der Waals surface area (Å²) in [5.41, 5.74) is 0.799. The average Bonchev–Trinajstić information content (AvgIpc) is 2.32. The van der Waals surface area contributed by atoms with Crippen LogP contribution in [0.25, 0.3) is 0 Å². The van der Waals surface area contributed by atoms with Crippen LogP contribution in [0.2, 0.25) is 0 Å². The highest BCUT2D eigenvalue weighted by atomic mass is 32.2. The molecule has 3 nitrogen and oxygen atoms in total. The Morgan fingerprint density at radius 2 is 1.70 bits per heavy atom. The van der Waals surface area contributed by atoms with Crippen LogP contribution in [-0.2, 0) is 10.0 Å². The Labute approximate surface area is 116 Å². The molecule has 6 heteroatoms. The standard InChI is InChI=1S/C14H13F2NO2S/c1-9-3-5-13(12(16)7-9)17-20(18,19)14-6-4-11(15)8-10(14)2/h3-8,17H,1-2H3. The molecule has 2 aromatic rings. The van der Waals surface area contributed by atoms with Crippen LogP contribution in [0.4, 0.5) is 14.5 Å². The Bertz CT molecular complexity index is 758. The van der Waals surface area contributed by atoms with Crippen molar-refractivity contribution in [2.24, 2.45) is 0 Å². The molecular weight excluding hydrogens is 284 g/mol. The van der Waals surface area contributed by atoms with Crippen molar-refractivity contribution in [2.75, 3.05) is 4.72 Å². The van der Waals surface area contributed by atoms with Gasteiger partial charge in [-0.15, -0.1) is 0 Å². The quantitative estimate of drug-likeness (QED) is 0.944. The van der Waals surface area contributed by atoms with Gasteiger partial charge in [0.05, 0.1) is 10.6 Å². The van der Waals surface area contributed by atoms with Gasteiger partial charge < -0.3 is 0 Å². The maximum atomic E-state index is 13.7. The van der Waals surface area contributed by atoms with Crippen molar-refractivity contribution >= 4 is 15.7 Å². The molecule has 2 rings (SSSR count). The SMILES string of the molecule is Cc1ccc(NS(=O)(=O)c2ccc(F)cc2C)c(F)c1. The summed E-state index contributed by atoms with van der Waals surface area (Å²) >= 11 is 0. The molecule has 0 saturated heterocycles. The molecule has 0 amide bonds. The second-order valence-corrected chi connectivity index (χ2v) is 6.15. The van der Waals surface area contributed by atoms with Crippen molar-refractivity contribution in [2.45, 2.75) is 18.7 Å². The van der Waals surface area contributed by atoms with Crippen LogP contribution in [0.1, 0.15) is 11.1 Å².